The van der Waals surface area contributed by atoms with Gasteiger partial charge in [0.1, 0.15) is 11.8 Å². The van der Waals surface area contributed by atoms with Gasteiger partial charge >= 0.3 is 0 Å². The molecule has 7 heteroatoms. The molecule has 0 spiro atoms. The van der Waals surface area contributed by atoms with E-state index in [9.17, 15) is 9.18 Å². The molecule has 0 bridgehead atoms. The van der Waals surface area contributed by atoms with E-state index in [2.05, 4.69) is 16.2 Å². The molecule has 132 valence electrons. The predicted molar refractivity (Wildman–Crippen MR) is 95.1 cm³/mol. The van der Waals surface area contributed by atoms with Gasteiger partial charge in [0.25, 0.3) is 0 Å². The molecule has 1 amide bonds. The summed E-state index contributed by atoms with van der Waals surface area (Å²) in [4.78, 5) is 12.4. The first kappa shape index (κ1) is 17.7. The van der Waals surface area contributed by atoms with E-state index in [4.69, 9.17) is 16.3 Å². The van der Waals surface area contributed by atoms with Gasteiger partial charge in [0.2, 0.25) is 5.91 Å². The molecular formula is C18H19ClFN3O2. The second-order valence-corrected chi connectivity index (χ2v) is 6.13. The van der Waals surface area contributed by atoms with Gasteiger partial charge in [-0.25, -0.2) is 15.2 Å². The molecule has 3 rings (SSSR count). The van der Waals surface area contributed by atoms with Crippen molar-refractivity contribution in [2.75, 3.05) is 11.9 Å². The molecule has 1 heterocycles. The fourth-order valence-electron chi connectivity index (χ4n) is 2.73. The minimum Gasteiger partial charge on any atom is -0.494 e. The van der Waals surface area contributed by atoms with Crippen molar-refractivity contribution in [3.05, 3.63) is 58.9 Å². The zero-order valence-electron chi connectivity index (χ0n) is 13.7. The number of carbonyl (C=O) groups is 1. The van der Waals surface area contributed by atoms with Crippen molar-refractivity contribution in [3.8, 4) is 5.75 Å². The first-order valence-corrected chi connectivity index (χ1v) is 8.45. The molecular weight excluding hydrogens is 345 g/mol. The molecule has 2 unspecified atom stereocenters. The fraction of sp³-hybridized carbons (Fsp3) is 0.278. The average Bonchev–Trinajstić information content (AvgIpc) is 3.10. The van der Waals surface area contributed by atoms with Gasteiger partial charge in [0, 0.05) is 6.04 Å². The van der Waals surface area contributed by atoms with Gasteiger partial charge in [-0.05, 0) is 43.2 Å². The summed E-state index contributed by atoms with van der Waals surface area (Å²) in [5, 5.41) is 2.54. The van der Waals surface area contributed by atoms with Crippen LogP contribution in [-0.2, 0) is 4.79 Å². The lowest BCUT2D eigenvalue weighted by Crippen LogP contribution is -2.39. The van der Waals surface area contributed by atoms with Crippen molar-refractivity contribution in [3.63, 3.8) is 0 Å². The first-order valence-electron chi connectivity index (χ1n) is 8.07. The Kier molecular flexibility index (Phi) is 5.53. The maximum absolute atomic E-state index is 13.9. The number of amides is 1. The zero-order chi connectivity index (χ0) is 17.8. The largest absolute Gasteiger partial charge is 0.494 e. The monoisotopic (exact) mass is 363 g/mol. The number of hydrogen-bond acceptors (Lipinski definition) is 4. The van der Waals surface area contributed by atoms with Gasteiger partial charge in [-0.1, -0.05) is 29.8 Å². The van der Waals surface area contributed by atoms with Gasteiger partial charge in [-0.3, -0.25) is 4.79 Å². The Hall–Kier alpha value is -2.15. The molecule has 1 aliphatic heterocycles. The molecule has 0 aromatic heterocycles. The smallest absolute Gasteiger partial charge is 0.243 e. The lowest BCUT2D eigenvalue weighted by molar-refractivity contribution is -0.117. The van der Waals surface area contributed by atoms with E-state index in [1.807, 2.05) is 31.2 Å². The molecule has 1 fully saturated rings. The third kappa shape index (κ3) is 4.10. The van der Waals surface area contributed by atoms with Gasteiger partial charge < -0.3 is 10.1 Å². The van der Waals surface area contributed by atoms with E-state index in [1.165, 1.54) is 12.1 Å². The van der Waals surface area contributed by atoms with Crippen LogP contribution in [0.5, 0.6) is 5.75 Å². The quantitative estimate of drug-likeness (QED) is 0.761. The molecule has 25 heavy (non-hydrogen) atoms. The molecule has 0 radical (unpaired) electrons. The van der Waals surface area contributed by atoms with Crippen LogP contribution in [0.3, 0.4) is 0 Å². The normalized spacial score (nSPS) is 19.6. The SMILES string of the molecule is CCOc1ccc(C2CC(C(=O)Nc3cccc(Cl)c3F)NN2)cc1. The van der Waals surface area contributed by atoms with E-state index in [1.54, 1.807) is 6.07 Å². The van der Waals surface area contributed by atoms with Crippen molar-refractivity contribution in [1.82, 2.24) is 10.9 Å². The number of ether oxygens (including phenoxy) is 1. The van der Waals surface area contributed by atoms with Gasteiger partial charge in [-0.2, -0.15) is 0 Å². The molecule has 2 atom stereocenters. The summed E-state index contributed by atoms with van der Waals surface area (Å²) in [6, 6.07) is 11.7. The minimum absolute atomic E-state index is 0.0179. The maximum atomic E-state index is 13.9. The number of anilines is 1. The predicted octanol–water partition coefficient (Wildman–Crippen LogP) is 3.42. The summed E-state index contributed by atoms with van der Waals surface area (Å²) in [5.41, 5.74) is 7.16. The summed E-state index contributed by atoms with van der Waals surface area (Å²) in [6.07, 6.45) is 0.544. The van der Waals surface area contributed by atoms with E-state index >= 15 is 0 Å². The third-order valence-electron chi connectivity index (χ3n) is 4.02. The molecule has 2 aromatic carbocycles. The standard InChI is InChI=1S/C18H19ClFN3O2/c1-2-25-12-8-6-11(7-9-12)15-10-16(23-22-15)18(24)21-14-5-3-4-13(19)17(14)20/h3-9,15-16,22-23H,2,10H2,1H3,(H,21,24). The van der Waals surface area contributed by atoms with E-state index < -0.39 is 11.9 Å². The number of carbonyl (C=O) groups excluding carboxylic acids is 1. The van der Waals surface area contributed by atoms with Gasteiger partial charge in [0.15, 0.2) is 5.82 Å². The van der Waals surface area contributed by atoms with Crippen molar-refractivity contribution >= 4 is 23.2 Å². The first-order chi connectivity index (χ1) is 12.1. The molecule has 0 aliphatic carbocycles. The van der Waals surface area contributed by atoms with Crippen molar-refractivity contribution in [2.24, 2.45) is 0 Å². The summed E-state index contributed by atoms with van der Waals surface area (Å²) in [5.74, 6) is -0.142. The Morgan fingerprint density at radius 2 is 2.04 bits per heavy atom. The average molecular weight is 364 g/mol. The van der Waals surface area contributed by atoms with Crippen LogP contribution >= 0.6 is 11.6 Å². The molecule has 1 aliphatic rings. The second kappa shape index (κ2) is 7.82. The number of rotatable bonds is 5. The number of nitrogens with one attached hydrogen (secondary N) is 3. The highest BCUT2D eigenvalue weighted by atomic mass is 35.5. The van der Waals surface area contributed by atoms with Crippen LogP contribution in [0, 0.1) is 5.82 Å². The van der Waals surface area contributed by atoms with E-state index in [0.717, 1.165) is 11.3 Å². The summed E-state index contributed by atoms with van der Waals surface area (Å²) in [6.45, 7) is 2.55. The van der Waals surface area contributed by atoms with Crippen LogP contribution in [0.4, 0.5) is 10.1 Å². The Morgan fingerprint density at radius 1 is 1.28 bits per heavy atom. The third-order valence-corrected chi connectivity index (χ3v) is 4.31. The second-order valence-electron chi connectivity index (χ2n) is 5.72. The van der Waals surface area contributed by atoms with Crippen molar-refractivity contribution in [1.29, 1.82) is 0 Å². The molecule has 0 saturated carbocycles. The van der Waals surface area contributed by atoms with Crippen LogP contribution in [0.1, 0.15) is 24.9 Å². The van der Waals surface area contributed by atoms with Gasteiger partial charge in [0.05, 0.1) is 17.3 Å². The Morgan fingerprint density at radius 3 is 2.76 bits per heavy atom. The topological polar surface area (TPSA) is 62.4 Å². The Labute approximate surface area is 150 Å². The van der Waals surface area contributed by atoms with E-state index in [-0.39, 0.29) is 22.7 Å². The van der Waals surface area contributed by atoms with Crippen LogP contribution in [0.15, 0.2) is 42.5 Å². The van der Waals surface area contributed by atoms with Crippen molar-refractivity contribution < 1.29 is 13.9 Å². The van der Waals surface area contributed by atoms with Crippen LogP contribution < -0.4 is 20.9 Å². The highest BCUT2D eigenvalue weighted by Gasteiger charge is 2.30. The lowest BCUT2D eigenvalue weighted by atomic mass is 10.0. The Balaban J connectivity index is 1.62. The van der Waals surface area contributed by atoms with Crippen molar-refractivity contribution in [2.45, 2.75) is 25.4 Å². The number of benzene rings is 2. The molecule has 2 aromatic rings. The molecule has 3 N–H and O–H groups in total. The fourth-order valence-corrected chi connectivity index (χ4v) is 2.90. The minimum atomic E-state index is -0.633. The highest BCUT2D eigenvalue weighted by Crippen LogP contribution is 2.26. The van der Waals surface area contributed by atoms with Crippen LogP contribution in [0.2, 0.25) is 5.02 Å². The van der Waals surface area contributed by atoms with Gasteiger partial charge in [-0.15, -0.1) is 0 Å². The summed E-state index contributed by atoms with van der Waals surface area (Å²) in [7, 11) is 0. The maximum Gasteiger partial charge on any atom is 0.243 e. The molecule has 5 nitrogen and oxygen atoms in total. The van der Waals surface area contributed by atoms with Crippen LogP contribution in [-0.4, -0.2) is 18.6 Å². The summed E-state index contributed by atoms with van der Waals surface area (Å²) < 4.78 is 19.3. The lowest BCUT2D eigenvalue weighted by Gasteiger charge is -2.12. The van der Waals surface area contributed by atoms with Crippen LogP contribution in [0.25, 0.3) is 0 Å². The highest BCUT2D eigenvalue weighted by molar-refractivity contribution is 6.31. The molecule has 1 saturated heterocycles. The number of hydrazine groups is 1. The number of halogens is 2. The Bertz CT molecular complexity index is 754. The summed E-state index contributed by atoms with van der Waals surface area (Å²) >= 11 is 5.73. The number of hydrogen-bond donors (Lipinski definition) is 3. The van der Waals surface area contributed by atoms with E-state index in [0.29, 0.717) is 13.0 Å². The zero-order valence-corrected chi connectivity index (χ0v) is 14.4.